The van der Waals surface area contributed by atoms with Gasteiger partial charge >= 0.3 is 5.97 Å². The normalized spacial score (nSPS) is 13.5. The van der Waals surface area contributed by atoms with E-state index in [4.69, 9.17) is 5.11 Å². The third kappa shape index (κ3) is 3.78. The van der Waals surface area contributed by atoms with Gasteiger partial charge in [-0.05, 0) is 24.5 Å². The van der Waals surface area contributed by atoms with Crippen LogP contribution in [0.5, 0.6) is 0 Å². The van der Waals surface area contributed by atoms with Crippen LogP contribution < -0.4 is 0 Å². The Kier molecular flexibility index (Phi) is 5.08. The van der Waals surface area contributed by atoms with Crippen molar-refractivity contribution >= 4 is 16.0 Å². The average molecular weight is 285 g/mol. The molecule has 0 radical (unpaired) electrons. The Labute approximate surface area is 113 Å². The fourth-order valence-corrected chi connectivity index (χ4v) is 2.75. The number of benzene rings is 1. The van der Waals surface area contributed by atoms with E-state index in [2.05, 4.69) is 0 Å². The number of nitrogens with zero attached hydrogens (tertiary/aromatic N) is 1. The van der Waals surface area contributed by atoms with Crippen LogP contribution in [-0.4, -0.2) is 36.1 Å². The van der Waals surface area contributed by atoms with Gasteiger partial charge in [0.05, 0.1) is 0 Å². The van der Waals surface area contributed by atoms with Crippen molar-refractivity contribution in [3.05, 3.63) is 35.4 Å². The van der Waals surface area contributed by atoms with E-state index >= 15 is 0 Å². The molecule has 106 valence electrons. The lowest BCUT2D eigenvalue weighted by molar-refractivity contribution is -0.136. The molecule has 1 N–H and O–H groups in total. The molecule has 0 bridgehead atoms. The van der Waals surface area contributed by atoms with Gasteiger partial charge in [0, 0.05) is 13.6 Å². The number of aliphatic carboxylic acids is 1. The van der Waals surface area contributed by atoms with Crippen LogP contribution in [0.1, 0.15) is 25.0 Å². The Morgan fingerprint density at radius 1 is 1.26 bits per heavy atom. The largest absolute Gasteiger partial charge is 0.480 e. The third-order valence-corrected chi connectivity index (χ3v) is 5.16. The first-order chi connectivity index (χ1) is 8.78. The minimum absolute atomic E-state index is 0.171. The van der Waals surface area contributed by atoms with Gasteiger partial charge in [-0.25, -0.2) is 8.42 Å². The van der Waals surface area contributed by atoms with Crippen LogP contribution in [0.2, 0.25) is 0 Å². The van der Waals surface area contributed by atoms with Gasteiger partial charge in [-0.3, -0.25) is 4.79 Å². The number of hydrogen-bond donors (Lipinski definition) is 1. The molecule has 0 aromatic heterocycles. The van der Waals surface area contributed by atoms with E-state index in [9.17, 15) is 13.2 Å². The SMILES string of the molecule is CCc1ccc(CN(C)S(=O)(=O)C(C)C(=O)O)cc1. The minimum atomic E-state index is -3.82. The predicted molar refractivity (Wildman–Crippen MR) is 73.3 cm³/mol. The molecule has 5 nitrogen and oxygen atoms in total. The van der Waals surface area contributed by atoms with Crippen molar-refractivity contribution in [2.75, 3.05) is 7.05 Å². The van der Waals surface area contributed by atoms with Gasteiger partial charge in [-0.1, -0.05) is 31.2 Å². The fraction of sp³-hybridized carbons (Fsp3) is 0.462. The number of aryl methyl sites for hydroxylation is 1. The van der Waals surface area contributed by atoms with Crippen molar-refractivity contribution in [2.24, 2.45) is 0 Å². The van der Waals surface area contributed by atoms with Gasteiger partial charge in [0.25, 0.3) is 0 Å². The van der Waals surface area contributed by atoms with E-state index in [0.29, 0.717) is 0 Å². The molecule has 1 aromatic rings. The lowest BCUT2D eigenvalue weighted by Crippen LogP contribution is -2.38. The topological polar surface area (TPSA) is 74.7 Å². The zero-order valence-corrected chi connectivity index (χ0v) is 12.1. The molecule has 6 heteroatoms. The highest BCUT2D eigenvalue weighted by molar-refractivity contribution is 7.90. The Balaban J connectivity index is 2.83. The van der Waals surface area contributed by atoms with Crippen LogP contribution in [0.15, 0.2) is 24.3 Å². The van der Waals surface area contributed by atoms with E-state index < -0.39 is 21.2 Å². The van der Waals surface area contributed by atoms with Crippen molar-refractivity contribution in [1.29, 1.82) is 0 Å². The molecule has 0 aliphatic heterocycles. The van der Waals surface area contributed by atoms with Crippen molar-refractivity contribution in [3.8, 4) is 0 Å². The van der Waals surface area contributed by atoms with Gasteiger partial charge in [0.2, 0.25) is 10.0 Å². The minimum Gasteiger partial charge on any atom is -0.480 e. The Hall–Kier alpha value is -1.40. The van der Waals surface area contributed by atoms with E-state index in [1.54, 1.807) is 0 Å². The molecule has 0 heterocycles. The standard InChI is InChI=1S/C13H19NO4S/c1-4-11-5-7-12(8-6-11)9-14(3)19(17,18)10(2)13(15)16/h5-8,10H,4,9H2,1-3H3,(H,15,16). The maximum atomic E-state index is 11.9. The number of hydrogen-bond acceptors (Lipinski definition) is 3. The molecular weight excluding hydrogens is 266 g/mol. The molecular formula is C13H19NO4S. The number of carboxylic acids is 1. The first-order valence-corrected chi connectivity index (χ1v) is 7.55. The quantitative estimate of drug-likeness (QED) is 0.859. The average Bonchev–Trinajstić information content (AvgIpc) is 2.38. The maximum Gasteiger partial charge on any atom is 0.323 e. The summed E-state index contributed by atoms with van der Waals surface area (Å²) in [4.78, 5) is 10.8. The highest BCUT2D eigenvalue weighted by Gasteiger charge is 2.31. The van der Waals surface area contributed by atoms with Crippen LogP contribution in [0.4, 0.5) is 0 Å². The zero-order chi connectivity index (χ0) is 14.6. The second-order valence-corrected chi connectivity index (χ2v) is 6.81. The molecule has 0 aliphatic rings. The summed E-state index contributed by atoms with van der Waals surface area (Å²) in [7, 11) is -2.43. The van der Waals surface area contributed by atoms with E-state index in [0.717, 1.165) is 16.3 Å². The molecule has 0 saturated heterocycles. The van der Waals surface area contributed by atoms with Crippen LogP contribution >= 0.6 is 0 Å². The Morgan fingerprint density at radius 2 is 1.74 bits per heavy atom. The van der Waals surface area contributed by atoms with Crippen LogP contribution in [0.25, 0.3) is 0 Å². The third-order valence-electron chi connectivity index (χ3n) is 3.07. The summed E-state index contributed by atoms with van der Waals surface area (Å²) in [5.41, 5.74) is 2.01. The summed E-state index contributed by atoms with van der Waals surface area (Å²) in [6, 6.07) is 7.60. The summed E-state index contributed by atoms with van der Waals surface area (Å²) in [6.45, 7) is 3.39. The van der Waals surface area contributed by atoms with Gasteiger partial charge in [0.15, 0.2) is 5.25 Å². The molecule has 0 aliphatic carbocycles. The maximum absolute atomic E-state index is 11.9. The predicted octanol–water partition coefficient (Wildman–Crippen LogP) is 1.48. The first-order valence-electron chi connectivity index (χ1n) is 6.04. The monoisotopic (exact) mass is 285 g/mol. The van der Waals surface area contributed by atoms with Crippen molar-refractivity contribution in [1.82, 2.24) is 4.31 Å². The summed E-state index contributed by atoms with van der Waals surface area (Å²) >= 11 is 0. The molecule has 1 unspecified atom stereocenters. The second-order valence-electron chi connectivity index (χ2n) is 4.45. The van der Waals surface area contributed by atoms with Crippen LogP contribution in [-0.2, 0) is 27.8 Å². The van der Waals surface area contributed by atoms with Crippen LogP contribution in [0.3, 0.4) is 0 Å². The van der Waals surface area contributed by atoms with Crippen molar-refractivity contribution in [2.45, 2.75) is 32.1 Å². The Morgan fingerprint density at radius 3 is 2.16 bits per heavy atom. The molecule has 0 amide bonds. The molecule has 1 aromatic carbocycles. The molecule has 0 fully saturated rings. The molecule has 1 atom stereocenters. The van der Waals surface area contributed by atoms with E-state index in [1.807, 2.05) is 31.2 Å². The highest BCUT2D eigenvalue weighted by Crippen LogP contribution is 2.13. The number of carbonyl (C=O) groups is 1. The molecule has 0 saturated carbocycles. The smallest absolute Gasteiger partial charge is 0.323 e. The lowest BCUT2D eigenvalue weighted by atomic mass is 10.1. The number of sulfonamides is 1. The lowest BCUT2D eigenvalue weighted by Gasteiger charge is -2.19. The fourth-order valence-electron chi connectivity index (χ4n) is 1.62. The zero-order valence-electron chi connectivity index (χ0n) is 11.3. The van der Waals surface area contributed by atoms with Gasteiger partial charge in [-0.15, -0.1) is 0 Å². The van der Waals surface area contributed by atoms with Crippen molar-refractivity contribution in [3.63, 3.8) is 0 Å². The van der Waals surface area contributed by atoms with Gasteiger partial charge in [0.1, 0.15) is 0 Å². The van der Waals surface area contributed by atoms with E-state index in [1.165, 1.54) is 19.5 Å². The van der Waals surface area contributed by atoms with Gasteiger partial charge < -0.3 is 5.11 Å². The highest BCUT2D eigenvalue weighted by atomic mass is 32.2. The summed E-state index contributed by atoms with van der Waals surface area (Å²) in [6.07, 6.45) is 0.921. The van der Waals surface area contributed by atoms with Crippen molar-refractivity contribution < 1.29 is 18.3 Å². The Bertz CT molecular complexity index is 536. The van der Waals surface area contributed by atoms with Gasteiger partial charge in [-0.2, -0.15) is 4.31 Å². The number of carboxylic acid groups (broad SMARTS) is 1. The first kappa shape index (κ1) is 15.7. The van der Waals surface area contributed by atoms with E-state index in [-0.39, 0.29) is 6.54 Å². The summed E-state index contributed by atoms with van der Waals surface area (Å²) in [5, 5.41) is 7.36. The molecule has 1 rings (SSSR count). The number of rotatable bonds is 6. The molecule has 0 spiro atoms. The second kappa shape index (κ2) is 6.16. The summed E-state index contributed by atoms with van der Waals surface area (Å²) in [5.74, 6) is -1.34. The van der Waals surface area contributed by atoms with Crippen LogP contribution in [0, 0.1) is 0 Å². The molecule has 19 heavy (non-hydrogen) atoms. The summed E-state index contributed by atoms with van der Waals surface area (Å²) < 4.78 is 25.0.